The predicted molar refractivity (Wildman–Crippen MR) is 36.9 cm³/mol. The van der Waals surface area contributed by atoms with Gasteiger partial charge in [-0.05, 0) is 28.1 Å². The summed E-state index contributed by atoms with van der Waals surface area (Å²) in [5.41, 5.74) is 0. The van der Waals surface area contributed by atoms with E-state index in [0.717, 1.165) is 0 Å². The third kappa shape index (κ3) is 1.63. The van der Waals surface area contributed by atoms with Crippen molar-refractivity contribution in [3.05, 3.63) is 27.7 Å². The maximum atomic E-state index is 12.1. The van der Waals surface area contributed by atoms with E-state index in [1.165, 1.54) is 12.1 Å². The van der Waals surface area contributed by atoms with Gasteiger partial charge in [0.2, 0.25) is 5.95 Å². The minimum Gasteiger partial charge on any atom is -0.211 e. The Labute approximate surface area is 65.0 Å². The predicted octanol–water partition coefficient (Wildman–Crippen LogP) is 2.64. The zero-order valence-electron chi connectivity index (χ0n) is 4.24. The quantitative estimate of drug-likeness (QED) is 0.600. The smallest absolute Gasteiger partial charge is 0.211 e. The number of aromatic nitrogens is 1. The van der Waals surface area contributed by atoms with E-state index in [1.807, 2.05) is 0 Å². The van der Waals surface area contributed by atoms with Gasteiger partial charge >= 0.3 is 0 Å². The van der Waals surface area contributed by atoms with Gasteiger partial charge in [0.15, 0.2) is 0 Å². The molecule has 0 aromatic carbocycles. The van der Waals surface area contributed by atoms with Crippen LogP contribution in [-0.4, -0.2) is 4.98 Å². The SMILES string of the molecule is Fc1ccc(Cl)c(Br)n1. The molecule has 0 saturated heterocycles. The van der Waals surface area contributed by atoms with Crippen molar-refractivity contribution in [3.63, 3.8) is 0 Å². The number of pyridine rings is 1. The first-order valence-electron chi connectivity index (χ1n) is 2.17. The van der Waals surface area contributed by atoms with Crippen molar-refractivity contribution in [2.75, 3.05) is 0 Å². The van der Waals surface area contributed by atoms with Crippen molar-refractivity contribution >= 4 is 27.5 Å². The largest absolute Gasteiger partial charge is 0.213 e. The van der Waals surface area contributed by atoms with Gasteiger partial charge in [-0.25, -0.2) is 4.98 Å². The van der Waals surface area contributed by atoms with Gasteiger partial charge in [0.25, 0.3) is 0 Å². The number of nitrogens with zero attached hydrogens (tertiary/aromatic N) is 1. The topological polar surface area (TPSA) is 12.9 Å². The molecule has 0 amide bonds. The molecule has 48 valence electrons. The van der Waals surface area contributed by atoms with Crippen LogP contribution >= 0.6 is 27.5 Å². The maximum Gasteiger partial charge on any atom is 0.213 e. The highest BCUT2D eigenvalue weighted by Crippen LogP contribution is 2.18. The fraction of sp³-hybridized carbons (Fsp3) is 0. The molecule has 4 heteroatoms. The van der Waals surface area contributed by atoms with E-state index >= 15 is 0 Å². The number of halogens is 3. The molecule has 1 heterocycles. The standard InChI is InChI=1S/C5H2BrClFN/c6-5-3(7)1-2-4(8)9-5/h1-2H. The average Bonchev–Trinajstić information content (AvgIpc) is 1.80. The van der Waals surface area contributed by atoms with Crippen molar-refractivity contribution in [2.24, 2.45) is 0 Å². The molecule has 1 rings (SSSR count). The molecule has 0 aliphatic rings. The summed E-state index contributed by atoms with van der Waals surface area (Å²) in [5.74, 6) is -0.536. The second kappa shape index (κ2) is 2.62. The van der Waals surface area contributed by atoms with Gasteiger partial charge < -0.3 is 0 Å². The molecule has 1 aromatic rings. The zero-order chi connectivity index (χ0) is 6.85. The van der Waals surface area contributed by atoms with E-state index in [0.29, 0.717) is 9.63 Å². The third-order valence-corrected chi connectivity index (χ3v) is 1.91. The Morgan fingerprint density at radius 2 is 2.22 bits per heavy atom. The van der Waals surface area contributed by atoms with Crippen molar-refractivity contribution in [2.45, 2.75) is 0 Å². The van der Waals surface area contributed by atoms with Crippen LogP contribution in [0.25, 0.3) is 0 Å². The number of rotatable bonds is 0. The van der Waals surface area contributed by atoms with E-state index < -0.39 is 5.95 Å². The van der Waals surface area contributed by atoms with Crippen LogP contribution in [0, 0.1) is 5.95 Å². The van der Waals surface area contributed by atoms with E-state index in [-0.39, 0.29) is 0 Å². The highest BCUT2D eigenvalue weighted by atomic mass is 79.9. The molecule has 0 atom stereocenters. The average molecular weight is 210 g/mol. The van der Waals surface area contributed by atoms with Gasteiger partial charge in [0.05, 0.1) is 5.02 Å². The first kappa shape index (κ1) is 6.96. The van der Waals surface area contributed by atoms with Crippen LogP contribution in [0.1, 0.15) is 0 Å². The molecule has 0 radical (unpaired) electrons. The van der Waals surface area contributed by atoms with Crippen molar-refractivity contribution < 1.29 is 4.39 Å². The molecule has 0 spiro atoms. The summed E-state index contributed by atoms with van der Waals surface area (Å²) >= 11 is 8.47. The molecular weight excluding hydrogens is 208 g/mol. The van der Waals surface area contributed by atoms with Gasteiger partial charge in [0, 0.05) is 0 Å². The summed E-state index contributed by atoms with van der Waals surface area (Å²) in [6.45, 7) is 0. The van der Waals surface area contributed by atoms with Gasteiger partial charge in [0.1, 0.15) is 4.60 Å². The molecule has 1 aromatic heterocycles. The molecule has 1 nitrogen and oxygen atoms in total. The Morgan fingerprint density at radius 3 is 2.67 bits per heavy atom. The summed E-state index contributed by atoms with van der Waals surface area (Å²) in [6.07, 6.45) is 0. The van der Waals surface area contributed by atoms with Gasteiger partial charge in [-0.2, -0.15) is 4.39 Å². The Kier molecular flexibility index (Phi) is 2.03. The van der Waals surface area contributed by atoms with E-state index in [1.54, 1.807) is 0 Å². The zero-order valence-corrected chi connectivity index (χ0v) is 6.58. The Bertz CT molecular complexity index is 228. The fourth-order valence-electron chi connectivity index (χ4n) is 0.395. The Morgan fingerprint density at radius 1 is 1.56 bits per heavy atom. The summed E-state index contributed by atoms with van der Waals surface area (Å²) in [7, 11) is 0. The lowest BCUT2D eigenvalue weighted by molar-refractivity contribution is 0.581. The van der Waals surface area contributed by atoms with E-state index in [4.69, 9.17) is 11.6 Å². The summed E-state index contributed by atoms with van der Waals surface area (Å²) in [5, 5.41) is 0.413. The molecule has 0 aliphatic carbocycles. The molecule has 0 aliphatic heterocycles. The normalized spacial score (nSPS) is 9.67. The molecule has 0 saturated carbocycles. The summed E-state index contributed by atoms with van der Waals surface area (Å²) < 4.78 is 12.5. The van der Waals surface area contributed by atoms with Crippen LogP contribution in [0.2, 0.25) is 5.02 Å². The van der Waals surface area contributed by atoms with Gasteiger partial charge in [-0.3, -0.25) is 0 Å². The second-order valence-corrected chi connectivity index (χ2v) is 2.56. The number of hydrogen-bond donors (Lipinski definition) is 0. The van der Waals surface area contributed by atoms with Crippen LogP contribution in [-0.2, 0) is 0 Å². The van der Waals surface area contributed by atoms with Gasteiger partial charge in [-0.1, -0.05) is 11.6 Å². The first-order chi connectivity index (χ1) is 4.20. The fourth-order valence-corrected chi connectivity index (χ4v) is 0.802. The minimum absolute atomic E-state index is 0.337. The van der Waals surface area contributed by atoms with Crippen LogP contribution in [0.3, 0.4) is 0 Å². The molecule has 0 N–H and O–H groups in total. The second-order valence-electron chi connectivity index (χ2n) is 1.41. The highest BCUT2D eigenvalue weighted by Gasteiger charge is 1.97. The van der Waals surface area contributed by atoms with E-state index in [2.05, 4.69) is 20.9 Å². The highest BCUT2D eigenvalue weighted by molar-refractivity contribution is 9.10. The Hall–Kier alpha value is -0.150. The third-order valence-electron chi connectivity index (χ3n) is 0.769. The number of hydrogen-bond acceptors (Lipinski definition) is 1. The van der Waals surface area contributed by atoms with Crippen LogP contribution < -0.4 is 0 Å². The summed E-state index contributed by atoms with van der Waals surface area (Å²) in [6, 6.07) is 2.64. The lowest BCUT2D eigenvalue weighted by atomic mass is 10.5. The first-order valence-corrected chi connectivity index (χ1v) is 3.35. The lowest BCUT2D eigenvalue weighted by Gasteiger charge is -1.91. The summed E-state index contributed by atoms with van der Waals surface area (Å²) in [4.78, 5) is 3.39. The molecule has 9 heavy (non-hydrogen) atoms. The lowest BCUT2D eigenvalue weighted by Crippen LogP contribution is -1.81. The van der Waals surface area contributed by atoms with Crippen molar-refractivity contribution in [1.29, 1.82) is 0 Å². The van der Waals surface area contributed by atoms with Crippen LogP contribution in [0.4, 0.5) is 4.39 Å². The van der Waals surface area contributed by atoms with E-state index in [9.17, 15) is 4.39 Å². The molecular formula is C5H2BrClFN. The molecule has 0 bridgehead atoms. The minimum atomic E-state index is -0.536. The monoisotopic (exact) mass is 209 g/mol. The molecule has 0 fully saturated rings. The van der Waals surface area contributed by atoms with Gasteiger partial charge in [-0.15, -0.1) is 0 Å². The van der Waals surface area contributed by atoms with Crippen molar-refractivity contribution in [1.82, 2.24) is 4.98 Å². The Balaban J connectivity index is 3.17. The van der Waals surface area contributed by atoms with Crippen LogP contribution in [0.5, 0.6) is 0 Å². The molecule has 0 unspecified atom stereocenters. The van der Waals surface area contributed by atoms with Crippen LogP contribution in [0.15, 0.2) is 16.7 Å². The maximum absolute atomic E-state index is 12.1. The van der Waals surface area contributed by atoms with Crippen molar-refractivity contribution in [3.8, 4) is 0 Å².